The van der Waals surface area contributed by atoms with Crippen LogP contribution in [0.15, 0.2) is 22.7 Å². The molecule has 92 valence electrons. The summed E-state index contributed by atoms with van der Waals surface area (Å²) in [6.45, 7) is 0.635. The van der Waals surface area contributed by atoms with Crippen LogP contribution in [0.1, 0.15) is 18.4 Å². The number of benzene rings is 1. The number of rotatable bonds is 0. The van der Waals surface area contributed by atoms with Crippen LogP contribution in [0.5, 0.6) is 0 Å². The lowest BCUT2D eigenvalue weighted by Gasteiger charge is -2.33. The van der Waals surface area contributed by atoms with Gasteiger partial charge in [0, 0.05) is 32.2 Å². The van der Waals surface area contributed by atoms with Gasteiger partial charge < -0.3 is 0 Å². The SMILES string of the molecule is O=S1CCC2(CC1)CN(O)c1cc(Br)ccc12. The summed E-state index contributed by atoms with van der Waals surface area (Å²) < 4.78 is 12.5. The van der Waals surface area contributed by atoms with E-state index in [0.29, 0.717) is 6.54 Å². The number of anilines is 1. The predicted octanol–water partition coefficient (Wildman–Crippen LogP) is 2.44. The van der Waals surface area contributed by atoms with Crippen molar-refractivity contribution in [2.24, 2.45) is 0 Å². The normalized spacial score (nSPS) is 31.9. The Morgan fingerprint density at radius 2 is 2.06 bits per heavy atom. The van der Waals surface area contributed by atoms with E-state index in [9.17, 15) is 9.42 Å². The first-order chi connectivity index (χ1) is 8.11. The summed E-state index contributed by atoms with van der Waals surface area (Å²) in [5, 5.41) is 11.4. The lowest BCUT2D eigenvalue weighted by molar-refractivity contribution is 0.233. The van der Waals surface area contributed by atoms with E-state index in [1.54, 1.807) is 0 Å². The van der Waals surface area contributed by atoms with E-state index in [-0.39, 0.29) is 5.41 Å². The standard InChI is InChI=1S/C12H14BrNO2S/c13-9-1-2-10-11(7-9)14(15)8-12(10)3-5-17(16)6-4-12/h1-2,7,15H,3-6,8H2. The maximum absolute atomic E-state index is 11.5. The van der Waals surface area contributed by atoms with E-state index >= 15 is 0 Å². The first kappa shape index (κ1) is 11.7. The minimum atomic E-state index is -0.664. The number of nitrogens with zero attached hydrogens (tertiary/aromatic N) is 1. The van der Waals surface area contributed by atoms with Crippen LogP contribution in [0.25, 0.3) is 0 Å². The molecule has 1 N–H and O–H groups in total. The zero-order valence-corrected chi connectivity index (χ0v) is 11.8. The molecule has 1 aromatic rings. The van der Waals surface area contributed by atoms with Crippen molar-refractivity contribution in [2.45, 2.75) is 18.3 Å². The van der Waals surface area contributed by atoms with Gasteiger partial charge in [-0.1, -0.05) is 22.0 Å². The second-order valence-corrected chi connectivity index (χ2v) is 7.46. The molecule has 0 bridgehead atoms. The summed E-state index contributed by atoms with van der Waals surface area (Å²) in [7, 11) is -0.664. The first-order valence-electron chi connectivity index (χ1n) is 5.72. The van der Waals surface area contributed by atoms with Crippen LogP contribution in [0.2, 0.25) is 0 Å². The van der Waals surface area contributed by atoms with Crippen molar-refractivity contribution >= 4 is 32.4 Å². The molecule has 1 fully saturated rings. The largest absolute Gasteiger partial charge is 0.288 e. The van der Waals surface area contributed by atoms with Gasteiger partial charge in [0.25, 0.3) is 0 Å². The Bertz CT molecular complexity index is 481. The highest BCUT2D eigenvalue weighted by Gasteiger charge is 2.44. The Kier molecular flexibility index (Phi) is 2.80. The van der Waals surface area contributed by atoms with E-state index < -0.39 is 10.8 Å². The molecular weight excluding hydrogens is 302 g/mol. The highest BCUT2D eigenvalue weighted by Crippen LogP contribution is 2.47. The maximum atomic E-state index is 11.5. The molecule has 0 aromatic heterocycles. The molecule has 0 amide bonds. The Balaban J connectivity index is 2.03. The fourth-order valence-electron chi connectivity index (χ4n) is 2.90. The summed E-state index contributed by atoms with van der Waals surface area (Å²) in [5.41, 5.74) is 2.12. The fraction of sp³-hybridized carbons (Fsp3) is 0.500. The number of hydrogen-bond acceptors (Lipinski definition) is 3. The van der Waals surface area contributed by atoms with Gasteiger partial charge in [-0.2, -0.15) is 0 Å². The van der Waals surface area contributed by atoms with Crippen LogP contribution in [-0.2, 0) is 16.2 Å². The number of hydroxylamine groups is 1. The van der Waals surface area contributed by atoms with Gasteiger partial charge in [-0.3, -0.25) is 14.5 Å². The summed E-state index contributed by atoms with van der Waals surface area (Å²) in [4.78, 5) is 0. The molecule has 2 aliphatic rings. The third-order valence-corrected chi connectivity index (χ3v) is 5.69. The van der Waals surface area contributed by atoms with Gasteiger partial charge in [-0.05, 0) is 30.5 Å². The summed E-state index contributed by atoms with van der Waals surface area (Å²) in [6.07, 6.45) is 1.82. The van der Waals surface area contributed by atoms with Crippen molar-refractivity contribution in [1.82, 2.24) is 0 Å². The van der Waals surface area contributed by atoms with Crippen molar-refractivity contribution in [3.63, 3.8) is 0 Å². The predicted molar refractivity (Wildman–Crippen MR) is 72.1 cm³/mol. The van der Waals surface area contributed by atoms with Gasteiger partial charge in [-0.25, -0.2) is 0 Å². The van der Waals surface area contributed by atoms with Gasteiger partial charge in [-0.15, -0.1) is 0 Å². The van der Waals surface area contributed by atoms with Crippen molar-refractivity contribution in [2.75, 3.05) is 23.1 Å². The molecule has 17 heavy (non-hydrogen) atoms. The van der Waals surface area contributed by atoms with E-state index in [2.05, 4.69) is 22.0 Å². The monoisotopic (exact) mass is 315 g/mol. The third kappa shape index (κ3) is 1.84. The minimum absolute atomic E-state index is 0.0126. The zero-order chi connectivity index (χ0) is 12.0. The lowest BCUT2D eigenvalue weighted by Crippen LogP contribution is -2.38. The highest BCUT2D eigenvalue weighted by molar-refractivity contribution is 9.10. The average Bonchev–Trinajstić information content (AvgIpc) is 2.57. The Hall–Kier alpha value is -0.390. The van der Waals surface area contributed by atoms with E-state index in [4.69, 9.17) is 0 Å². The summed E-state index contributed by atoms with van der Waals surface area (Å²) in [5.74, 6) is 1.51. The topological polar surface area (TPSA) is 40.5 Å². The number of hydrogen-bond donors (Lipinski definition) is 1. The molecule has 2 aliphatic heterocycles. The molecule has 2 heterocycles. The third-order valence-electron chi connectivity index (χ3n) is 3.88. The van der Waals surface area contributed by atoms with Crippen LogP contribution in [-0.4, -0.2) is 27.5 Å². The first-order valence-corrected chi connectivity index (χ1v) is 8.00. The lowest BCUT2D eigenvalue weighted by atomic mass is 9.77. The Labute approximate surface area is 111 Å². The fourth-order valence-corrected chi connectivity index (χ4v) is 4.69. The summed E-state index contributed by atoms with van der Waals surface area (Å²) >= 11 is 3.43. The molecule has 0 atom stereocenters. The van der Waals surface area contributed by atoms with Crippen LogP contribution in [0, 0.1) is 0 Å². The molecule has 1 aromatic carbocycles. The second-order valence-electron chi connectivity index (χ2n) is 4.85. The summed E-state index contributed by atoms with van der Waals surface area (Å²) in [6, 6.07) is 6.06. The van der Waals surface area contributed by atoms with Crippen LogP contribution in [0.4, 0.5) is 5.69 Å². The molecule has 0 saturated carbocycles. The molecular formula is C12H14BrNO2S. The van der Waals surface area contributed by atoms with E-state index in [0.717, 1.165) is 34.5 Å². The van der Waals surface area contributed by atoms with Gasteiger partial charge in [0.1, 0.15) is 0 Å². The molecule has 0 radical (unpaired) electrons. The number of fused-ring (bicyclic) bond motifs is 2. The van der Waals surface area contributed by atoms with Crippen LogP contribution >= 0.6 is 15.9 Å². The van der Waals surface area contributed by atoms with Crippen molar-refractivity contribution in [3.05, 3.63) is 28.2 Å². The Morgan fingerprint density at radius 3 is 2.76 bits per heavy atom. The number of halogens is 1. The molecule has 3 rings (SSSR count). The smallest absolute Gasteiger partial charge is 0.0684 e. The average molecular weight is 316 g/mol. The second kappa shape index (κ2) is 4.07. The van der Waals surface area contributed by atoms with Gasteiger partial charge in [0.2, 0.25) is 0 Å². The molecule has 5 heteroatoms. The minimum Gasteiger partial charge on any atom is -0.288 e. The van der Waals surface area contributed by atoms with Crippen molar-refractivity contribution in [1.29, 1.82) is 0 Å². The molecule has 1 saturated heterocycles. The van der Waals surface area contributed by atoms with Crippen molar-refractivity contribution < 1.29 is 9.42 Å². The quantitative estimate of drug-likeness (QED) is 0.799. The van der Waals surface area contributed by atoms with Gasteiger partial charge in [0.05, 0.1) is 12.2 Å². The maximum Gasteiger partial charge on any atom is 0.0684 e. The van der Waals surface area contributed by atoms with E-state index in [1.807, 2.05) is 12.1 Å². The molecule has 0 aliphatic carbocycles. The molecule has 1 spiro atoms. The van der Waals surface area contributed by atoms with Crippen molar-refractivity contribution in [3.8, 4) is 0 Å². The van der Waals surface area contributed by atoms with Gasteiger partial charge >= 0.3 is 0 Å². The molecule has 3 nitrogen and oxygen atoms in total. The molecule has 0 unspecified atom stereocenters. The highest BCUT2D eigenvalue weighted by atomic mass is 79.9. The van der Waals surface area contributed by atoms with E-state index in [1.165, 1.54) is 10.6 Å². The van der Waals surface area contributed by atoms with Crippen LogP contribution < -0.4 is 5.06 Å². The Morgan fingerprint density at radius 1 is 1.35 bits per heavy atom. The zero-order valence-electron chi connectivity index (χ0n) is 9.36. The van der Waals surface area contributed by atoms with Crippen LogP contribution in [0.3, 0.4) is 0 Å². The van der Waals surface area contributed by atoms with Gasteiger partial charge in [0.15, 0.2) is 0 Å².